The van der Waals surface area contributed by atoms with Crippen molar-refractivity contribution in [3.8, 4) is 17.5 Å². The lowest BCUT2D eigenvalue weighted by Gasteiger charge is -2.20. The van der Waals surface area contributed by atoms with Crippen LogP contribution in [0, 0.1) is 18.8 Å². The van der Waals surface area contributed by atoms with E-state index in [1.54, 1.807) is 35.4 Å². The van der Waals surface area contributed by atoms with Crippen molar-refractivity contribution in [2.45, 2.75) is 32.5 Å². The average Bonchev–Trinajstić information content (AvgIpc) is 3.74. The Morgan fingerprint density at radius 1 is 1.02 bits per heavy atom. The molecule has 0 saturated carbocycles. The third-order valence-corrected chi connectivity index (χ3v) is 7.62. The summed E-state index contributed by atoms with van der Waals surface area (Å²) in [6, 6.07) is 14.8. The fraction of sp³-hybridized carbons (Fsp3) is 0.242. The molecule has 1 N–H and O–H groups in total. The summed E-state index contributed by atoms with van der Waals surface area (Å²) < 4.78 is 45.4. The minimum Gasteiger partial charge on any atom is -0.322 e. The van der Waals surface area contributed by atoms with Gasteiger partial charge in [-0.25, -0.2) is 4.98 Å². The van der Waals surface area contributed by atoms with E-state index in [1.807, 2.05) is 47.8 Å². The van der Waals surface area contributed by atoms with E-state index < -0.39 is 17.6 Å². The van der Waals surface area contributed by atoms with Gasteiger partial charge in [0.2, 0.25) is 0 Å². The number of aryl methyl sites for hydroxylation is 2. The number of hydrogen-bond acceptors (Lipinski definition) is 4. The number of fused-ring (bicyclic) bond motifs is 1. The van der Waals surface area contributed by atoms with Crippen LogP contribution in [-0.4, -0.2) is 43.2 Å². The maximum atomic E-state index is 13.9. The number of nitrogens with one attached hydrogen (secondary N) is 1. The van der Waals surface area contributed by atoms with E-state index in [1.165, 1.54) is 12.1 Å². The molecule has 0 radical (unpaired) electrons. The van der Waals surface area contributed by atoms with Crippen LogP contribution in [-0.2, 0) is 19.8 Å². The monoisotopic (exact) mass is 582 g/mol. The molecule has 1 aliphatic rings. The van der Waals surface area contributed by atoms with E-state index in [0.29, 0.717) is 11.1 Å². The second kappa shape index (κ2) is 11.4. The van der Waals surface area contributed by atoms with Gasteiger partial charge in [-0.15, -0.1) is 0 Å². The number of carbonyl (C=O) groups excluding carboxylic acids is 1. The standard InChI is InChI=1S/C33H29F3N6O/c1-22-5-8-25(32(43)39-27-11-10-26(19-41-13-3-4-14-41)29(17-27)33(34,35)36)16-24(22)9-6-23-7-12-31-30(15-23)37-21-42(31)28-18-38-40(2)20-28/h5,7-8,10-12,15-18,20-21H,3-4,13-14,19H2,1-2H3,(H,39,43). The Bertz CT molecular complexity index is 1890. The topological polar surface area (TPSA) is 68.0 Å². The van der Waals surface area contributed by atoms with Crippen molar-refractivity contribution in [2.75, 3.05) is 18.4 Å². The molecule has 43 heavy (non-hydrogen) atoms. The molecule has 0 aliphatic carbocycles. The van der Waals surface area contributed by atoms with Crippen molar-refractivity contribution < 1.29 is 18.0 Å². The van der Waals surface area contributed by atoms with Crippen LogP contribution in [0.15, 0.2) is 73.3 Å². The second-order valence-electron chi connectivity index (χ2n) is 10.8. The molecule has 1 amide bonds. The Labute approximate surface area is 247 Å². The Balaban J connectivity index is 1.21. The molecular weight excluding hydrogens is 553 g/mol. The maximum Gasteiger partial charge on any atom is 0.416 e. The van der Waals surface area contributed by atoms with Crippen LogP contribution in [0.2, 0.25) is 0 Å². The van der Waals surface area contributed by atoms with Gasteiger partial charge in [0.25, 0.3) is 5.91 Å². The van der Waals surface area contributed by atoms with Crippen molar-refractivity contribution in [1.29, 1.82) is 0 Å². The predicted molar refractivity (Wildman–Crippen MR) is 159 cm³/mol. The maximum absolute atomic E-state index is 13.9. The molecule has 1 saturated heterocycles. The molecule has 5 aromatic rings. The van der Waals surface area contributed by atoms with Crippen LogP contribution >= 0.6 is 0 Å². The van der Waals surface area contributed by atoms with Gasteiger partial charge in [0.15, 0.2) is 0 Å². The summed E-state index contributed by atoms with van der Waals surface area (Å²) in [6.45, 7) is 3.71. The zero-order chi connectivity index (χ0) is 30.1. The minimum absolute atomic E-state index is 0.0923. The van der Waals surface area contributed by atoms with Crippen LogP contribution in [0.5, 0.6) is 0 Å². The molecule has 218 valence electrons. The summed E-state index contributed by atoms with van der Waals surface area (Å²) >= 11 is 0. The Morgan fingerprint density at radius 3 is 2.58 bits per heavy atom. The van der Waals surface area contributed by atoms with E-state index in [2.05, 4.69) is 27.2 Å². The first-order valence-corrected chi connectivity index (χ1v) is 14.0. The van der Waals surface area contributed by atoms with Crippen LogP contribution in [0.25, 0.3) is 16.7 Å². The number of likely N-dealkylation sites (tertiary alicyclic amines) is 1. The molecule has 1 aliphatic heterocycles. The van der Waals surface area contributed by atoms with Gasteiger partial charge in [0.1, 0.15) is 6.33 Å². The lowest BCUT2D eigenvalue weighted by Crippen LogP contribution is -2.21. The van der Waals surface area contributed by atoms with Gasteiger partial charge >= 0.3 is 6.18 Å². The van der Waals surface area contributed by atoms with Crippen molar-refractivity contribution in [2.24, 2.45) is 7.05 Å². The summed E-state index contributed by atoms with van der Waals surface area (Å²) in [5.74, 6) is 5.77. The number of rotatable bonds is 5. The molecule has 0 unspecified atom stereocenters. The Hall–Kier alpha value is -4.88. The highest BCUT2D eigenvalue weighted by Crippen LogP contribution is 2.35. The van der Waals surface area contributed by atoms with Gasteiger partial charge < -0.3 is 5.32 Å². The number of aromatic nitrogens is 4. The van der Waals surface area contributed by atoms with Gasteiger partial charge in [-0.05, 0) is 86.4 Å². The summed E-state index contributed by atoms with van der Waals surface area (Å²) in [4.78, 5) is 19.6. The highest BCUT2D eigenvalue weighted by atomic mass is 19.4. The van der Waals surface area contributed by atoms with E-state index in [0.717, 1.165) is 59.8 Å². The molecular formula is C33H29F3N6O. The van der Waals surface area contributed by atoms with Crippen LogP contribution < -0.4 is 5.32 Å². The van der Waals surface area contributed by atoms with E-state index in [4.69, 9.17) is 0 Å². The molecule has 7 nitrogen and oxygen atoms in total. The van der Waals surface area contributed by atoms with Crippen LogP contribution in [0.3, 0.4) is 0 Å². The van der Waals surface area contributed by atoms with Gasteiger partial charge in [-0.1, -0.05) is 24.0 Å². The molecule has 0 atom stereocenters. The molecule has 0 bridgehead atoms. The van der Waals surface area contributed by atoms with Crippen molar-refractivity contribution in [3.63, 3.8) is 0 Å². The molecule has 1 fully saturated rings. The lowest BCUT2D eigenvalue weighted by molar-refractivity contribution is -0.138. The second-order valence-corrected chi connectivity index (χ2v) is 10.8. The number of benzene rings is 3. The largest absolute Gasteiger partial charge is 0.416 e. The quantitative estimate of drug-likeness (QED) is 0.246. The van der Waals surface area contributed by atoms with Crippen molar-refractivity contribution in [3.05, 3.63) is 107 Å². The van der Waals surface area contributed by atoms with Gasteiger partial charge in [0, 0.05) is 42.2 Å². The number of imidazole rings is 1. The molecule has 10 heteroatoms. The molecule has 3 heterocycles. The first-order valence-electron chi connectivity index (χ1n) is 14.0. The third kappa shape index (κ3) is 6.17. The first-order chi connectivity index (χ1) is 20.6. The molecule has 0 spiro atoms. The average molecular weight is 583 g/mol. The SMILES string of the molecule is Cc1ccc(C(=O)Nc2ccc(CN3CCCC3)c(C(F)(F)F)c2)cc1C#Cc1ccc2c(c1)ncn2-c1cnn(C)c1. The predicted octanol–water partition coefficient (Wildman–Crippen LogP) is 6.33. The fourth-order valence-electron chi connectivity index (χ4n) is 5.31. The van der Waals surface area contributed by atoms with Crippen molar-refractivity contribution >= 4 is 22.6 Å². The van der Waals surface area contributed by atoms with Gasteiger partial charge in [0.05, 0.1) is 28.5 Å². The number of amides is 1. The first kappa shape index (κ1) is 28.2. The highest BCUT2D eigenvalue weighted by molar-refractivity contribution is 6.04. The smallest absolute Gasteiger partial charge is 0.322 e. The van der Waals surface area contributed by atoms with E-state index in [-0.39, 0.29) is 17.8 Å². The highest BCUT2D eigenvalue weighted by Gasteiger charge is 2.34. The summed E-state index contributed by atoms with van der Waals surface area (Å²) in [6.07, 6.45) is 2.87. The van der Waals surface area contributed by atoms with E-state index in [9.17, 15) is 18.0 Å². The Kier molecular flexibility index (Phi) is 7.50. The number of carbonyl (C=O) groups is 1. The normalized spacial score (nSPS) is 13.7. The fourth-order valence-corrected chi connectivity index (χ4v) is 5.31. The zero-order valence-corrected chi connectivity index (χ0v) is 23.7. The minimum atomic E-state index is -4.53. The van der Waals surface area contributed by atoms with Gasteiger partial charge in [-0.2, -0.15) is 18.3 Å². The van der Waals surface area contributed by atoms with Crippen LogP contribution in [0.4, 0.5) is 18.9 Å². The van der Waals surface area contributed by atoms with E-state index >= 15 is 0 Å². The van der Waals surface area contributed by atoms with Crippen molar-refractivity contribution in [1.82, 2.24) is 24.2 Å². The molecule has 2 aromatic heterocycles. The molecule has 6 rings (SSSR count). The lowest BCUT2D eigenvalue weighted by atomic mass is 10.0. The van der Waals surface area contributed by atoms with Gasteiger partial charge in [-0.3, -0.25) is 18.9 Å². The third-order valence-electron chi connectivity index (χ3n) is 7.62. The number of anilines is 1. The Morgan fingerprint density at radius 2 is 1.84 bits per heavy atom. The summed E-state index contributed by atoms with van der Waals surface area (Å²) in [7, 11) is 1.86. The number of nitrogens with zero attached hydrogens (tertiary/aromatic N) is 5. The number of hydrogen-bond donors (Lipinski definition) is 1. The zero-order valence-electron chi connectivity index (χ0n) is 23.7. The molecule has 3 aromatic carbocycles. The number of alkyl halides is 3. The van der Waals surface area contributed by atoms with Crippen LogP contribution in [0.1, 0.15) is 51.0 Å². The number of halogens is 3. The summed E-state index contributed by atoms with van der Waals surface area (Å²) in [5.41, 5.74) is 4.76. The summed E-state index contributed by atoms with van der Waals surface area (Å²) in [5, 5.41) is 6.85.